The van der Waals surface area contributed by atoms with Crippen LogP contribution in [0.2, 0.25) is 0 Å². The summed E-state index contributed by atoms with van der Waals surface area (Å²) in [6, 6.07) is 7.90. The maximum atomic E-state index is 14.3. The van der Waals surface area contributed by atoms with E-state index in [0.717, 1.165) is 0 Å². The van der Waals surface area contributed by atoms with Gasteiger partial charge in [0.25, 0.3) is 5.91 Å². The average molecular weight is 417 g/mol. The molecule has 3 aromatic rings. The molecule has 0 aliphatic rings. The standard InChI is InChI=1S/C18H14BrFN4O2/c1-9-2-4-13(19)16(20)15(9)18(25)24-11-3-5-14(21)12(6-11)17(22)10-7-23-26-8-10/h2-8,22H,21H2,1H3,(H,24,25). The van der Waals surface area contributed by atoms with Crippen molar-refractivity contribution in [2.75, 3.05) is 11.1 Å². The molecule has 6 nitrogen and oxygen atoms in total. The molecular weight excluding hydrogens is 403 g/mol. The quantitative estimate of drug-likeness (QED) is 0.438. The van der Waals surface area contributed by atoms with Gasteiger partial charge < -0.3 is 15.6 Å². The third-order valence-electron chi connectivity index (χ3n) is 3.83. The lowest BCUT2D eigenvalue weighted by atomic mass is 10.0. The lowest BCUT2D eigenvalue weighted by Gasteiger charge is -2.12. The van der Waals surface area contributed by atoms with Crippen LogP contribution in [-0.4, -0.2) is 16.8 Å². The molecule has 0 saturated carbocycles. The van der Waals surface area contributed by atoms with Crippen molar-refractivity contribution in [2.24, 2.45) is 0 Å². The molecule has 0 bridgehead atoms. The van der Waals surface area contributed by atoms with Crippen molar-refractivity contribution in [1.29, 1.82) is 5.41 Å². The van der Waals surface area contributed by atoms with Crippen molar-refractivity contribution >= 4 is 38.9 Å². The number of halogens is 2. The number of carbonyl (C=O) groups excluding carboxylic acids is 1. The van der Waals surface area contributed by atoms with Crippen LogP contribution in [0.25, 0.3) is 0 Å². The number of nitrogen functional groups attached to an aromatic ring is 1. The number of hydrogen-bond acceptors (Lipinski definition) is 5. The van der Waals surface area contributed by atoms with E-state index in [9.17, 15) is 9.18 Å². The van der Waals surface area contributed by atoms with Crippen molar-refractivity contribution in [3.8, 4) is 0 Å². The van der Waals surface area contributed by atoms with Crippen molar-refractivity contribution < 1.29 is 13.7 Å². The van der Waals surface area contributed by atoms with Gasteiger partial charge in [-0.05, 0) is 52.7 Å². The summed E-state index contributed by atoms with van der Waals surface area (Å²) < 4.78 is 19.2. The van der Waals surface area contributed by atoms with Crippen LogP contribution in [0.3, 0.4) is 0 Å². The van der Waals surface area contributed by atoms with Crippen LogP contribution in [0.15, 0.2) is 51.8 Å². The SMILES string of the molecule is Cc1ccc(Br)c(F)c1C(=O)Nc1ccc(N)c(C(=N)c2cnoc2)c1. The fourth-order valence-electron chi connectivity index (χ4n) is 2.45. The molecule has 0 fully saturated rings. The monoisotopic (exact) mass is 416 g/mol. The first-order valence-corrected chi connectivity index (χ1v) is 8.32. The highest BCUT2D eigenvalue weighted by Gasteiger charge is 2.18. The topological polar surface area (TPSA) is 105 Å². The minimum Gasteiger partial charge on any atom is -0.398 e. The molecule has 3 rings (SSSR count). The van der Waals surface area contributed by atoms with Gasteiger partial charge in [-0.1, -0.05) is 11.2 Å². The second-order valence-electron chi connectivity index (χ2n) is 5.60. The molecule has 0 saturated heterocycles. The third kappa shape index (κ3) is 3.36. The van der Waals surface area contributed by atoms with Crippen LogP contribution < -0.4 is 11.1 Å². The van der Waals surface area contributed by atoms with Crippen molar-refractivity contribution in [1.82, 2.24) is 5.16 Å². The Labute approximate surface area is 156 Å². The first-order chi connectivity index (χ1) is 12.4. The van der Waals surface area contributed by atoms with Gasteiger partial charge in [-0.3, -0.25) is 10.2 Å². The van der Waals surface area contributed by atoms with Gasteiger partial charge >= 0.3 is 0 Å². The van der Waals surface area contributed by atoms with Crippen LogP contribution in [0.1, 0.15) is 27.0 Å². The van der Waals surface area contributed by atoms with Crippen LogP contribution in [0, 0.1) is 18.2 Å². The number of rotatable bonds is 4. The third-order valence-corrected chi connectivity index (χ3v) is 4.44. The van der Waals surface area contributed by atoms with E-state index in [1.807, 2.05) is 0 Å². The molecule has 0 aliphatic heterocycles. The molecule has 1 heterocycles. The molecule has 0 aliphatic carbocycles. The molecule has 4 N–H and O–H groups in total. The Hall–Kier alpha value is -3.00. The van der Waals surface area contributed by atoms with Gasteiger partial charge in [-0.2, -0.15) is 0 Å². The zero-order valence-electron chi connectivity index (χ0n) is 13.6. The van der Waals surface area contributed by atoms with E-state index in [2.05, 4.69) is 26.4 Å². The van der Waals surface area contributed by atoms with Crippen LogP contribution in [-0.2, 0) is 0 Å². The predicted octanol–water partition coefficient (Wildman–Crippen LogP) is 4.14. The number of nitrogens with two attached hydrogens (primary N) is 1. The van der Waals surface area contributed by atoms with Crippen molar-refractivity contribution in [2.45, 2.75) is 6.92 Å². The van der Waals surface area contributed by atoms with E-state index in [4.69, 9.17) is 15.7 Å². The van der Waals surface area contributed by atoms with Gasteiger partial charge in [0.05, 0.1) is 27.5 Å². The highest BCUT2D eigenvalue weighted by molar-refractivity contribution is 9.10. The first kappa shape index (κ1) is 17.8. The molecule has 0 atom stereocenters. The van der Waals surface area contributed by atoms with Crippen LogP contribution in [0.5, 0.6) is 0 Å². The van der Waals surface area contributed by atoms with Gasteiger partial charge in [0.1, 0.15) is 12.1 Å². The Bertz CT molecular complexity index is 1000. The summed E-state index contributed by atoms with van der Waals surface area (Å²) in [4.78, 5) is 12.5. The number of aryl methyl sites for hydroxylation is 1. The van der Waals surface area contributed by atoms with Gasteiger partial charge in [0.15, 0.2) is 0 Å². The maximum absolute atomic E-state index is 14.3. The summed E-state index contributed by atoms with van der Waals surface area (Å²) in [5.74, 6) is -1.22. The molecule has 0 unspecified atom stereocenters. The summed E-state index contributed by atoms with van der Waals surface area (Å²) in [7, 11) is 0. The summed E-state index contributed by atoms with van der Waals surface area (Å²) in [5, 5.41) is 14.4. The normalized spacial score (nSPS) is 10.6. The molecule has 8 heteroatoms. The Morgan fingerprint density at radius 2 is 2.12 bits per heavy atom. The number of carbonyl (C=O) groups is 1. The number of benzene rings is 2. The lowest BCUT2D eigenvalue weighted by Crippen LogP contribution is -2.16. The maximum Gasteiger partial charge on any atom is 0.258 e. The van der Waals surface area contributed by atoms with Gasteiger partial charge in [0.2, 0.25) is 0 Å². The number of aromatic nitrogens is 1. The molecule has 1 aromatic heterocycles. The van der Waals surface area contributed by atoms with Crippen molar-refractivity contribution in [3.05, 3.63) is 75.3 Å². The van der Waals surface area contributed by atoms with Crippen LogP contribution in [0.4, 0.5) is 15.8 Å². The molecule has 0 spiro atoms. The Morgan fingerprint density at radius 1 is 1.35 bits per heavy atom. The number of nitrogens with one attached hydrogen (secondary N) is 2. The lowest BCUT2D eigenvalue weighted by molar-refractivity contribution is 0.102. The van der Waals surface area contributed by atoms with E-state index in [-0.39, 0.29) is 15.7 Å². The Kier molecular flexibility index (Phi) is 4.85. The predicted molar refractivity (Wildman–Crippen MR) is 100 cm³/mol. The van der Waals surface area contributed by atoms with Gasteiger partial charge in [0, 0.05) is 16.9 Å². The number of nitrogens with zero attached hydrogens (tertiary/aromatic N) is 1. The fraction of sp³-hybridized carbons (Fsp3) is 0.0556. The Balaban J connectivity index is 1.92. The number of hydrogen-bond donors (Lipinski definition) is 3. The van der Waals surface area contributed by atoms with E-state index in [1.165, 1.54) is 12.5 Å². The van der Waals surface area contributed by atoms with Gasteiger partial charge in [-0.15, -0.1) is 0 Å². The first-order valence-electron chi connectivity index (χ1n) is 7.52. The largest absolute Gasteiger partial charge is 0.398 e. The summed E-state index contributed by atoms with van der Waals surface area (Å²) >= 11 is 3.08. The molecule has 1 amide bonds. The molecular formula is C18H14BrFN4O2. The zero-order chi connectivity index (χ0) is 18.8. The van der Waals surface area contributed by atoms with E-state index >= 15 is 0 Å². The minimum atomic E-state index is -0.629. The second kappa shape index (κ2) is 7.09. The van der Waals surface area contributed by atoms with E-state index in [1.54, 1.807) is 37.3 Å². The average Bonchev–Trinajstić information content (AvgIpc) is 3.14. The van der Waals surface area contributed by atoms with Crippen LogP contribution >= 0.6 is 15.9 Å². The number of amides is 1. The summed E-state index contributed by atoms with van der Waals surface area (Å²) in [6.07, 6.45) is 2.72. The van der Waals surface area contributed by atoms with E-state index < -0.39 is 11.7 Å². The van der Waals surface area contributed by atoms with Crippen molar-refractivity contribution in [3.63, 3.8) is 0 Å². The fourth-order valence-corrected chi connectivity index (χ4v) is 2.78. The smallest absolute Gasteiger partial charge is 0.258 e. The molecule has 2 aromatic carbocycles. The summed E-state index contributed by atoms with van der Waals surface area (Å²) in [5.41, 5.74) is 8.10. The number of anilines is 2. The van der Waals surface area contributed by atoms with Gasteiger partial charge in [-0.25, -0.2) is 4.39 Å². The summed E-state index contributed by atoms with van der Waals surface area (Å²) in [6.45, 7) is 1.65. The highest BCUT2D eigenvalue weighted by atomic mass is 79.9. The highest BCUT2D eigenvalue weighted by Crippen LogP contribution is 2.25. The second-order valence-corrected chi connectivity index (χ2v) is 6.45. The molecule has 26 heavy (non-hydrogen) atoms. The zero-order valence-corrected chi connectivity index (χ0v) is 15.2. The Morgan fingerprint density at radius 3 is 2.81 bits per heavy atom. The minimum absolute atomic E-state index is 0.0492. The molecule has 0 radical (unpaired) electrons. The van der Waals surface area contributed by atoms with E-state index in [0.29, 0.717) is 28.1 Å². The molecule has 132 valence electrons.